The van der Waals surface area contributed by atoms with E-state index in [4.69, 9.17) is 21.7 Å². The highest BCUT2D eigenvalue weighted by atomic mass is 35.5. The Morgan fingerprint density at radius 2 is 1.67 bits per heavy atom. The van der Waals surface area contributed by atoms with Crippen LogP contribution in [0.5, 0.6) is 5.88 Å². The molecule has 202 valence electrons. The smallest absolute Gasteiger partial charge is 0.303 e. The SMILES string of the molecule is CC(=O)N(CCN(C)C)c1ccc(N=C(c2ccc(CCC(=O)O)cc2)c2c(O)[nH]c3cc(Cl)ccc23)cc1. The predicted octanol–water partition coefficient (Wildman–Crippen LogP) is 5.63. The van der Waals surface area contributed by atoms with Gasteiger partial charge in [0, 0.05) is 48.1 Å². The number of anilines is 1. The Balaban J connectivity index is 1.76. The van der Waals surface area contributed by atoms with Crippen molar-refractivity contribution in [1.29, 1.82) is 0 Å². The monoisotopic (exact) mass is 546 g/mol. The van der Waals surface area contributed by atoms with Crippen molar-refractivity contribution in [2.75, 3.05) is 32.1 Å². The van der Waals surface area contributed by atoms with E-state index in [1.54, 1.807) is 24.0 Å². The number of nitrogens with one attached hydrogen (secondary N) is 1. The van der Waals surface area contributed by atoms with Crippen molar-refractivity contribution >= 4 is 51.5 Å². The standard InChI is InChI=1S/C30H31ClN4O4/c1-19(36)35(17-16-34(2)3)24-12-10-23(11-13-24)32-29(21-7-4-20(5-8-21)6-15-27(37)38)28-25-14-9-22(31)18-26(25)33-30(28)39/h4-5,7-14,18,33,39H,6,15-17H2,1-3H3,(H,37,38). The lowest BCUT2D eigenvalue weighted by Crippen LogP contribution is -2.35. The third kappa shape index (κ3) is 6.85. The number of carbonyl (C=O) groups excluding carboxylic acids is 1. The summed E-state index contributed by atoms with van der Waals surface area (Å²) in [6.45, 7) is 2.85. The average molecular weight is 547 g/mol. The number of aromatic hydroxyl groups is 1. The fourth-order valence-electron chi connectivity index (χ4n) is 4.35. The number of likely N-dealkylation sites (N-methyl/N-ethyl adjacent to an activating group) is 1. The number of aliphatic imine (C=N–C) groups is 1. The number of aliphatic carboxylic acids is 1. The maximum Gasteiger partial charge on any atom is 0.303 e. The number of H-pyrrole nitrogens is 1. The van der Waals surface area contributed by atoms with E-state index in [2.05, 4.69) is 4.98 Å². The van der Waals surface area contributed by atoms with E-state index >= 15 is 0 Å². The van der Waals surface area contributed by atoms with Gasteiger partial charge in [-0.2, -0.15) is 0 Å². The third-order valence-corrected chi connectivity index (χ3v) is 6.62. The van der Waals surface area contributed by atoms with Crippen LogP contribution in [0, 0.1) is 0 Å². The summed E-state index contributed by atoms with van der Waals surface area (Å²) in [6, 6.07) is 20.2. The van der Waals surface area contributed by atoms with Crippen LogP contribution >= 0.6 is 11.6 Å². The first-order valence-electron chi connectivity index (χ1n) is 12.6. The molecule has 8 nitrogen and oxygen atoms in total. The largest absolute Gasteiger partial charge is 0.494 e. The Morgan fingerprint density at radius 3 is 2.28 bits per heavy atom. The molecular weight excluding hydrogens is 516 g/mol. The first-order chi connectivity index (χ1) is 18.6. The van der Waals surface area contributed by atoms with E-state index in [0.717, 1.165) is 28.7 Å². The molecule has 1 aromatic heterocycles. The summed E-state index contributed by atoms with van der Waals surface area (Å²) in [5, 5.41) is 21.2. The molecule has 0 atom stereocenters. The number of carboxylic acids is 1. The first-order valence-corrected chi connectivity index (χ1v) is 12.9. The van der Waals surface area contributed by atoms with Gasteiger partial charge in [0.1, 0.15) is 0 Å². The Kier molecular flexibility index (Phi) is 8.69. The van der Waals surface area contributed by atoms with Gasteiger partial charge in [0.2, 0.25) is 5.91 Å². The molecule has 0 aliphatic heterocycles. The van der Waals surface area contributed by atoms with Gasteiger partial charge in [-0.3, -0.25) is 9.59 Å². The number of carboxylic acid groups (broad SMARTS) is 1. The van der Waals surface area contributed by atoms with Crippen molar-refractivity contribution in [3.8, 4) is 5.88 Å². The number of aryl methyl sites for hydroxylation is 1. The summed E-state index contributed by atoms with van der Waals surface area (Å²) in [6.07, 6.45) is 0.462. The Labute approximate surface area is 232 Å². The highest BCUT2D eigenvalue weighted by Gasteiger charge is 2.19. The van der Waals surface area contributed by atoms with Crippen LogP contribution < -0.4 is 4.90 Å². The number of nitrogens with zero attached hydrogens (tertiary/aromatic N) is 3. The van der Waals surface area contributed by atoms with Crippen LogP contribution in [-0.4, -0.2) is 64.9 Å². The highest BCUT2D eigenvalue weighted by Crippen LogP contribution is 2.33. The number of amides is 1. The Hall–Kier alpha value is -4.14. The average Bonchev–Trinajstić information content (AvgIpc) is 3.21. The summed E-state index contributed by atoms with van der Waals surface area (Å²) in [5.41, 5.74) is 4.80. The number of hydrogen-bond acceptors (Lipinski definition) is 5. The van der Waals surface area contributed by atoms with Gasteiger partial charge >= 0.3 is 5.97 Å². The zero-order valence-electron chi connectivity index (χ0n) is 22.1. The second kappa shape index (κ2) is 12.1. The molecule has 0 radical (unpaired) electrons. The van der Waals surface area contributed by atoms with Crippen LogP contribution in [0.15, 0.2) is 71.7 Å². The second-order valence-electron chi connectivity index (χ2n) is 9.58. The number of hydrogen-bond donors (Lipinski definition) is 3. The molecule has 0 aliphatic rings. The number of benzene rings is 3. The molecule has 0 saturated heterocycles. The van der Waals surface area contributed by atoms with E-state index in [-0.39, 0.29) is 18.2 Å². The fourth-order valence-corrected chi connectivity index (χ4v) is 4.52. The number of halogens is 1. The van der Waals surface area contributed by atoms with E-state index in [9.17, 15) is 14.7 Å². The summed E-state index contributed by atoms with van der Waals surface area (Å²) in [7, 11) is 3.93. The lowest BCUT2D eigenvalue weighted by Gasteiger charge is -2.23. The second-order valence-corrected chi connectivity index (χ2v) is 10.0. The van der Waals surface area contributed by atoms with Crippen molar-refractivity contribution in [1.82, 2.24) is 9.88 Å². The normalized spacial score (nSPS) is 11.8. The van der Waals surface area contributed by atoms with Gasteiger partial charge in [0.05, 0.1) is 22.5 Å². The summed E-state index contributed by atoms with van der Waals surface area (Å²) >= 11 is 6.17. The minimum absolute atomic E-state index is 0.0379. The van der Waals surface area contributed by atoms with Gasteiger partial charge in [0.25, 0.3) is 0 Å². The molecule has 9 heteroatoms. The van der Waals surface area contributed by atoms with Gasteiger partial charge in [-0.25, -0.2) is 4.99 Å². The molecule has 4 aromatic rings. The highest BCUT2D eigenvalue weighted by molar-refractivity contribution is 6.31. The molecule has 1 amide bonds. The molecule has 39 heavy (non-hydrogen) atoms. The summed E-state index contributed by atoms with van der Waals surface area (Å²) < 4.78 is 0. The van der Waals surface area contributed by atoms with Crippen molar-refractivity contribution in [3.63, 3.8) is 0 Å². The van der Waals surface area contributed by atoms with Crippen molar-refractivity contribution in [2.45, 2.75) is 19.8 Å². The quantitative estimate of drug-likeness (QED) is 0.223. The van der Waals surface area contributed by atoms with E-state index < -0.39 is 5.97 Å². The zero-order chi connectivity index (χ0) is 28.1. The molecule has 3 aromatic carbocycles. The van der Waals surface area contributed by atoms with Crippen molar-refractivity contribution in [3.05, 3.63) is 88.4 Å². The van der Waals surface area contributed by atoms with Crippen LogP contribution in [0.1, 0.15) is 30.0 Å². The maximum absolute atomic E-state index is 12.3. The summed E-state index contributed by atoms with van der Waals surface area (Å²) in [4.78, 5) is 34.9. The van der Waals surface area contributed by atoms with Gasteiger partial charge in [-0.1, -0.05) is 41.9 Å². The zero-order valence-corrected chi connectivity index (χ0v) is 22.9. The van der Waals surface area contributed by atoms with Crippen LogP contribution in [0.2, 0.25) is 5.02 Å². The number of fused-ring (bicyclic) bond motifs is 1. The Bertz CT molecular complexity index is 1510. The topological polar surface area (TPSA) is 109 Å². The lowest BCUT2D eigenvalue weighted by atomic mass is 9.98. The minimum atomic E-state index is -0.850. The van der Waals surface area contributed by atoms with Gasteiger partial charge < -0.3 is 25.0 Å². The van der Waals surface area contributed by atoms with Crippen molar-refractivity contribution < 1.29 is 19.8 Å². The van der Waals surface area contributed by atoms with Crippen LogP contribution in [-0.2, 0) is 16.0 Å². The molecule has 0 spiro atoms. The summed E-state index contributed by atoms with van der Waals surface area (Å²) in [5.74, 6) is -0.930. The van der Waals surface area contributed by atoms with Crippen molar-refractivity contribution in [2.24, 2.45) is 4.99 Å². The van der Waals surface area contributed by atoms with Gasteiger partial charge in [0.15, 0.2) is 5.88 Å². The van der Waals surface area contributed by atoms with Gasteiger partial charge in [-0.05, 0) is 62.5 Å². The number of aromatic nitrogens is 1. The maximum atomic E-state index is 12.3. The molecule has 0 aliphatic carbocycles. The molecule has 4 rings (SSSR count). The number of rotatable bonds is 10. The molecule has 3 N–H and O–H groups in total. The van der Waals surface area contributed by atoms with E-state index in [0.29, 0.717) is 40.5 Å². The minimum Gasteiger partial charge on any atom is -0.494 e. The Morgan fingerprint density at radius 1 is 0.974 bits per heavy atom. The van der Waals surface area contributed by atoms with E-state index in [1.807, 2.05) is 73.6 Å². The molecule has 0 bridgehead atoms. The predicted molar refractivity (Wildman–Crippen MR) is 156 cm³/mol. The number of carbonyl (C=O) groups is 2. The number of aromatic amines is 1. The first kappa shape index (κ1) is 27.9. The lowest BCUT2D eigenvalue weighted by molar-refractivity contribution is -0.137. The molecular formula is C30H31ClN4O4. The molecule has 0 saturated carbocycles. The van der Waals surface area contributed by atoms with E-state index in [1.165, 1.54) is 0 Å². The molecule has 1 heterocycles. The molecule has 0 unspecified atom stereocenters. The van der Waals surface area contributed by atoms with Crippen LogP contribution in [0.25, 0.3) is 10.9 Å². The van der Waals surface area contributed by atoms with Crippen LogP contribution in [0.3, 0.4) is 0 Å². The molecule has 0 fully saturated rings. The van der Waals surface area contributed by atoms with Gasteiger partial charge in [-0.15, -0.1) is 0 Å². The third-order valence-electron chi connectivity index (χ3n) is 6.39. The van der Waals surface area contributed by atoms with Crippen LogP contribution in [0.4, 0.5) is 11.4 Å². The fraction of sp³-hybridized carbons (Fsp3) is 0.233.